The lowest BCUT2D eigenvalue weighted by Gasteiger charge is -2.16. The van der Waals surface area contributed by atoms with Gasteiger partial charge in [-0.1, -0.05) is 56.3 Å². The van der Waals surface area contributed by atoms with Crippen LogP contribution in [-0.2, 0) is 0 Å². The molecule has 0 spiro atoms. The number of benzene rings is 1. The number of unbranched alkanes of at least 4 members (excludes halogenated alkanes) is 1. The van der Waals surface area contributed by atoms with Crippen LogP contribution in [0.15, 0.2) is 18.2 Å². The summed E-state index contributed by atoms with van der Waals surface area (Å²) in [7, 11) is 0. The number of rotatable bonds is 7. The van der Waals surface area contributed by atoms with Gasteiger partial charge in [0.1, 0.15) is 0 Å². The van der Waals surface area contributed by atoms with E-state index in [0.29, 0.717) is 10.0 Å². The lowest BCUT2D eigenvalue weighted by Crippen LogP contribution is -2.13. The number of halogens is 2. The fraction of sp³-hybridized carbons (Fsp3) is 0.571. The Bertz CT molecular complexity index is 339. The molecule has 1 aromatic rings. The molecule has 0 aliphatic carbocycles. The predicted octanol–water partition coefficient (Wildman–Crippen LogP) is 5.62. The summed E-state index contributed by atoms with van der Waals surface area (Å²) < 4.78 is 0. The molecule has 0 aliphatic rings. The fourth-order valence-corrected chi connectivity index (χ4v) is 2.31. The van der Waals surface area contributed by atoms with Crippen molar-refractivity contribution in [2.75, 3.05) is 11.9 Å². The van der Waals surface area contributed by atoms with Gasteiger partial charge in [-0.05, 0) is 30.5 Å². The first-order valence-corrected chi connectivity index (χ1v) is 7.11. The van der Waals surface area contributed by atoms with Crippen molar-refractivity contribution in [1.82, 2.24) is 0 Å². The van der Waals surface area contributed by atoms with Gasteiger partial charge in [0.15, 0.2) is 0 Å². The maximum Gasteiger partial charge on any atom is 0.0652 e. The van der Waals surface area contributed by atoms with Gasteiger partial charge in [0.2, 0.25) is 0 Å². The van der Waals surface area contributed by atoms with Gasteiger partial charge in [0.25, 0.3) is 0 Å². The molecule has 0 amide bonds. The average Bonchev–Trinajstić information content (AvgIpc) is 2.31. The lowest BCUT2D eigenvalue weighted by atomic mass is 9.99. The predicted molar refractivity (Wildman–Crippen MR) is 78.3 cm³/mol. The summed E-state index contributed by atoms with van der Waals surface area (Å²) in [5.74, 6) is 0.724. The maximum absolute atomic E-state index is 6.11. The highest BCUT2D eigenvalue weighted by Crippen LogP contribution is 2.26. The second kappa shape index (κ2) is 7.84. The Morgan fingerprint density at radius 2 is 2.00 bits per heavy atom. The summed E-state index contributed by atoms with van der Waals surface area (Å²) in [5.41, 5.74) is 0.978. The van der Waals surface area contributed by atoms with Gasteiger partial charge in [0, 0.05) is 11.6 Å². The molecule has 1 nitrogen and oxygen atoms in total. The van der Waals surface area contributed by atoms with Gasteiger partial charge in [-0.3, -0.25) is 0 Å². The van der Waals surface area contributed by atoms with Crippen LogP contribution in [0.5, 0.6) is 0 Å². The van der Waals surface area contributed by atoms with Crippen molar-refractivity contribution in [1.29, 1.82) is 0 Å². The molecule has 1 atom stereocenters. The molecule has 1 aromatic carbocycles. The summed E-state index contributed by atoms with van der Waals surface area (Å²) in [6, 6.07) is 5.58. The maximum atomic E-state index is 6.11. The van der Waals surface area contributed by atoms with E-state index in [9.17, 15) is 0 Å². The molecule has 1 rings (SSSR count). The lowest BCUT2D eigenvalue weighted by molar-refractivity contribution is 0.473. The molecule has 0 radical (unpaired) electrons. The minimum Gasteiger partial charge on any atom is -0.384 e. The van der Waals surface area contributed by atoms with E-state index in [-0.39, 0.29) is 0 Å². The Morgan fingerprint density at radius 1 is 1.24 bits per heavy atom. The third-order valence-corrected chi connectivity index (χ3v) is 3.60. The second-order valence-corrected chi connectivity index (χ2v) is 5.27. The zero-order chi connectivity index (χ0) is 12.7. The van der Waals surface area contributed by atoms with E-state index in [1.165, 1.54) is 25.7 Å². The Labute approximate surface area is 115 Å². The van der Waals surface area contributed by atoms with Crippen LogP contribution >= 0.6 is 23.2 Å². The zero-order valence-electron chi connectivity index (χ0n) is 10.6. The standard InChI is InChI=1S/C14H21Cl2N/c1-3-5-6-11(4-2)10-17-14-8-7-12(15)9-13(14)16/h7-9,11,17H,3-6,10H2,1-2H3. The summed E-state index contributed by atoms with van der Waals surface area (Å²) in [6.07, 6.45) is 5.05. The van der Waals surface area contributed by atoms with Crippen molar-refractivity contribution in [2.45, 2.75) is 39.5 Å². The van der Waals surface area contributed by atoms with Gasteiger partial charge in [-0.15, -0.1) is 0 Å². The molecular weight excluding hydrogens is 253 g/mol. The Kier molecular flexibility index (Phi) is 6.76. The van der Waals surface area contributed by atoms with Gasteiger partial charge in [0.05, 0.1) is 10.7 Å². The smallest absolute Gasteiger partial charge is 0.0652 e. The van der Waals surface area contributed by atoms with Crippen LogP contribution in [0.25, 0.3) is 0 Å². The minimum absolute atomic E-state index is 0.679. The SMILES string of the molecule is CCCCC(CC)CNc1ccc(Cl)cc1Cl. The summed E-state index contributed by atoms with van der Waals surface area (Å²) in [6.45, 7) is 5.46. The van der Waals surface area contributed by atoms with Gasteiger partial charge < -0.3 is 5.32 Å². The summed E-state index contributed by atoms with van der Waals surface area (Å²) in [5, 5.41) is 4.79. The molecule has 1 unspecified atom stereocenters. The Hall–Kier alpha value is -0.400. The molecule has 1 N–H and O–H groups in total. The molecule has 0 saturated heterocycles. The van der Waals surface area contributed by atoms with Gasteiger partial charge in [-0.25, -0.2) is 0 Å². The van der Waals surface area contributed by atoms with Crippen LogP contribution in [0.3, 0.4) is 0 Å². The molecule has 0 saturated carbocycles. The van der Waals surface area contributed by atoms with Gasteiger partial charge in [-0.2, -0.15) is 0 Å². The minimum atomic E-state index is 0.679. The largest absolute Gasteiger partial charge is 0.384 e. The molecule has 0 bridgehead atoms. The van der Waals surface area contributed by atoms with Crippen molar-refractivity contribution in [2.24, 2.45) is 5.92 Å². The van der Waals surface area contributed by atoms with Crippen molar-refractivity contribution < 1.29 is 0 Å². The molecule has 96 valence electrons. The zero-order valence-corrected chi connectivity index (χ0v) is 12.1. The average molecular weight is 274 g/mol. The first-order chi connectivity index (χ1) is 8.17. The van der Waals surface area contributed by atoms with Crippen LogP contribution in [0, 0.1) is 5.92 Å². The normalized spacial score (nSPS) is 12.5. The molecule has 0 fully saturated rings. The Morgan fingerprint density at radius 3 is 2.59 bits per heavy atom. The van der Waals surface area contributed by atoms with Crippen molar-refractivity contribution in [3.8, 4) is 0 Å². The first-order valence-electron chi connectivity index (χ1n) is 6.36. The molecule has 3 heteroatoms. The quantitative estimate of drug-likeness (QED) is 0.680. The van der Waals surface area contributed by atoms with Crippen LogP contribution in [0.4, 0.5) is 5.69 Å². The van der Waals surface area contributed by atoms with Crippen molar-refractivity contribution in [3.05, 3.63) is 28.2 Å². The molecule has 0 aliphatic heterocycles. The third-order valence-electron chi connectivity index (χ3n) is 3.06. The van der Waals surface area contributed by atoms with Crippen LogP contribution in [0.2, 0.25) is 10.0 Å². The number of nitrogens with one attached hydrogen (secondary N) is 1. The van der Waals surface area contributed by atoms with E-state index in [0.717, 1.165) is 18.2 Å². The highest BCUT2D eigenvalue weighted by Gasteiger charge is 2.07. The second-order valence-electron chi connectivity index (χ2n) is 4.42. The van der Waals surface area contributed by atoms with Crippen LogP contribution in [0.1, 0.15) is 39.5 Å². The number of anilines is 1. The Balaban J connectivity index is 2.47. The summed E-state index contributed by atoms with van der Waals surface area (Å²) in [4.78, 5) is 0. The van der Waals surface area contributed by atoms with E-state index in [1.807, 2.05) is 12.1 Å². The van der Waals surface area contributed by atoms with E-state index < -0.39 is 0 Å². The highest BCUT2D eigenvalue weighted by atomic mass is 35.5. The molecular formula is C14H21Cl2N. The van der Waals surface area contributed by atoms with E-state index in [1.54, 1.807) is 6.07 Å². The van der Waals surface area contributed by atoms with Crippen LogP contribution < -0.4 is 5.32 Å². The summed E-state index contributed by atoms with van der Waals surface area (Å²) >= 11 is 12.0. The number of hydrogen-bond donors (Lipinski definition) is 1. The molecule has 17 heavy (non-hydrogen) atoms. The number of hydrogen-bond acceptors (Lipinski definition) is 1. The van der Waals surface area contributed by atoms with Crippen LogP contribution in [-0.4, -0.2) is 6.54 Å². The third kappa shape index (κ3) is 5.18. The van der Waals surface area contributed by atoms with Crippen molar-refractivity contribution >= 4 is 28.9 Å². The molecule has 0 aromatic heterocycles. The monoisotopic (exact) mass is 273 g/mol. The molecule has 0 heterocycles. The first kappa shape index (κ1) is 14.7. The van der Waals surface area contributed by atoms with E-state index in [4.69, 9.17) is 23.2 Å². The van der Waals surface area contributed by atoms with Gasteiger partial charge >= 0.3 is 0 Å². The van der Waals surface area contributed by atoms with E-state index in [2.05, 4.69) is 19.2 Å². The van der Waals surface area contributed by atoms with E-state index >= 15 is 0 Å². The fourth-order valence-electron chi connectivity index (χ4n) is 1.83. The highest BCUT2D eigenvalue weighted by molar-refractivity contribution is 6.36. The van der Waals surface area contributed by atoms with Crippen molar-refractivity contribution in [3.63, 3.8) is 0 Å². The topological polar surface area (TPSA) is 12.0 Å².